The number of aliphatic hydroxyl groups excluding tert-OH is 2. The van der Waals surface area contributed by atoms with Gasteiger partial charge in [-0.15, -0.1) is 0 Å². The SMILES string of the molecule is CC(C)(CF)C(O)C(C(O)C(Cl)(Cl)Cl)n1cncn1. The third-order valence-corrected chi connectivity index (χ3v) is 3.54. The summed E-state index contributed by atoms with van der Waals surface area (Å²) in [5.74, 6) is 0. The second kappa shape index (κ2) is 6.10. The molecule has 0 fully saturated rings. The van der Waals surface area contributed by atoms with Crippen LogP contribution in [0, 0.1) is 5.41 Å². The summed E-state index contributed by atoms with van der Waals surface area (Å²) in [6.45, 7) is 2.17. The van der Waals surface area contributed by atoms with E-state index in [1.54, 1.807) is 0 Å². The summed E-state index contributed by atoms with van der Waals surface area (Å²) < 4.78 is 12.1. The molecule has 110 valence electrons. The lowest BCUT2D eigenvalue weighted by Crippen LogP contribution is -2.48. The molecule has 0 radical (unpaired) electrons. The summed E-state index contributed by atoms with van der Waals surface area (Å²) >= 11 is 16.9. The Kier molecular flexibility index (Phi) is 5.43. The van der Waals surface area contributed by atoms with E-state index in [9.17, 15) is 14.6 Å². The van der Waals surface area contributed by atoms with E-state index in [1.807, 2.05) is 0 Å². The molecule has 0 aliphatic carbocycles. The van der Waals surface area contributed by atoms with Gasteiger partial charge in [-0.25, -0.2) is 9.67 Å². The third kappa shape index (κ3) is 3.92. The average molecular weight is 335 g/mol. The summed E-state index contributed by atoms with van der Waals surface area (Å²) in [5.41, 5.74) is -1.15. The van der Waals surface area contributed by atoms with Gasteiger partial charge < -0.3 is 10.2 Å². The minimum absolute atomic E-state index is 0.814. The second-order valence-corrected chi connectivity index (χ2v) is 7.29. The number of hydrogen-bond donors (Lipinski definition) is 2. The van der Waals surface area contributed by atoms with E-state index >= 15 is 0 Å². The molecule has 0 saturated heterocycles. The summed E-state index contributed by atoms with van der Waals surface area (Å²) in [5, 5.41) is 24.2. The Morgan fingerprint density at radius 1 is 1.26 bits per heavy atom. The van der Waals surface area contributed by atoms with Crippen LogP contribution >= 0.6 is 34.8 Å². The van der Waals surface area contributed by atoms with Gasteiger partial charge in [0.25, 0.3) is 0 Å². The number of aromatic nitrogens is 3. The van der Waals surface area contributed by atoms with E-state index in [0.29, 0.717) is 0 Å². The Bertz CT molecular complexity index is 397. The van der Waals surface area contributed by atoms with Crippen LogP contribution in [-0.4, -0.2) is 47.7 Å². The van der Waals surface area contributed by atoms with E-state index in [0.717, 1.165) is 4.68 Å². The fraction of sp³-hybridized carbons (Fsp3) is 0.800. The molecule has 0 aliphatic rings. The molecule has 0 aromatic carbocycles. The molecule has 3 unspecified atom stereocenters. The molecule has 0 spiro atoms. The van der Waals surface area contributed by atoms with Gasteiger partial charge in [0, 0.05) is 5.41 Å². The van der Waals surface area contributed by atoms with Crippen LogP contribution in [-0.2, 0) is 0 Å². The highest BCUT2D eigenvalue weighted by atomic mass is 35.6. The minimum atomic E-state index is -2.05. The van der Waals surface area contributed by atoms with Crippen molar-refractivity contribution in [2.45, 2.75) is 35.9 Å². The number of nitrogens with zero attached hydrogens (tertiary/aromatic N) is 3. The maximum absolute atomic E-state index is 13.0. The predicted octanol–water partition coefficient (Wildman–Crippen LogP) is 1.91. The van der Waals surface area contributed by atoms with Crippen LogP contribution in [0.15, 0.2) is 12.7 Å². The highest BCUT2D eigenvalue weighted by molar-refractivity contribution is 6.68. The topological polar surface area (TPSA) is 71.2 Å². The monoisotopic (exact) mass is 333 g/mol. The first-order valence-corrected chi connectivity index (χ1v) is 6.57. The van der Waals surface area contributed by atoms with Crippen molar-refractivity contribution < 1.29 is 14.6 Å². The van der Waals surface area contributed by atoms with Crippen molar-refractivity contribution >= 4 is 34.8 Å². The molecule has 1 heterocycles. The third-order valence-electron chi connectivity index (χ3n) is 2.87. The summed E-state index contributed by atoms with van der Waals surface area (Å²) in [6.07, 6.45) is -0.459. The van der Waals surface area contributed by atoms with Gasteiger partial charge in [-0.05, 0) is 0 Å². The van der Waals surface area contributed by atoms with Gasteiger partial charge in [0.1, 0.15) is 24.8 Å². The van der Waals surface area contributed by atoms with E-state index in [4.69, 9.17) is 34.8 Å². The Morgan fingerprint density at radius 2 is 1.84 bits per heavy atom. The lowest BCUT2D eigenvalue weighted by atomic mass is 9.82. The quantitative estimate of drug-likeness (QED) is 0.807. The van der Waals surface area contributed by atoms with Gasteiger partial charge in [0.05, 0.1) is 12.8 Å². The lowest BCUT2D eigenvalue weighted by molar-refractivity contribution is -0.0541. The fourth-order valence-corrected chi connectivity index (χ4v) is 1.96. The molecule has 1 aromatic rings. The molecule has 0 saturated carbocycles. The summed E-state index contributed by atoms with van der Waals surface area (Å²) in [6, 6.07) is -1.14. The first-order valence-electron chi connectivity index (χ1n) is 5.44. The average Bonchev–Trinajstić information content (AvgIpc) is 2.81. The molecule has 19 heavy (non-hydrogen) atoms. The van der Waals surface area contributed by atoms with Crippen molar-refractivity contribution in [3.8, 4) is 0 Å². The molecule has 0 bridgehead atoms. The number of hydrogen-bond acceptors (Lipinski definition) is 4. The lowest BCUT2D eigenvalue weighted by Gasteiger charge is -2.37. The highest BCUT2D eigenvalue weighted by Crippen LogP contribution is 2.40. The molecule has 3 atom stereocenters. The van der Waals surface area contributed by atoms with Crippen molar-refractivity contribution in [1.29, 1.82) is 0 Å². The second-order valence-electron chi connectivity index (χ2n) is 4.92. The smallest absolute Gasteiger partial charge is 0.218 e. The van der Waals surface area contributed by atoms with Gasteiger partial charge in [-0.2, -0.15) is 5.10 Å². The van der Waals surface area contributed by atoms with Crippen LogP contribution in [0.1, 0.15) is 19.9 Å². The first-order chi connectivity index (χ1) is 8.61. The standard InChI is InChI=1S/C10H15Cl3FN3O2/c1-9(2,3-14)7(18)6(8(19)10(11,12)13)17-5-15-4-16-17/h4-8,18-19H,3H2,1-2H3. The van der Waals surface area contributed by atoms with Crippen molar-refractivity contribution in [3.63, 3.8) is 0 Å². The Balaban J connectivity index is 3.14. The molecule has 1 aromatic heterocycles. The molecule has 0 aliphatic heterocycles. The maximum Gasteiger partial charge on any atom is 0.218 e. The summed E-state index contributed by atoms with van der Waals surface area (Å²) in [7, 11) is 0. The van der Waals surface area contributed by atoms with Gasteiger partial charge in [0.15, 0.2) is 0 Å². The maximum atomic E-state index is 13.0. The van der Waals surface area contributed by atoms with E-state index in [-0.39, 0.29) is 0 Å². The van der Waals surface area contributed by atoms with Crippen LogP contribution in [0.3, 0.4) is 0 Å². The van der Waals surface area contributed by atoms with Crippen LogP contribution in [0.5, 0.6) is 0 Å². The summed E-state index contributed by atoms with van der Waals surface area (Å²) in [4.78, 5) is 3.70. The Hall–Kier alpha value is -0.140. The van der Waals surface area contributed by atoms with Gasteiger partial charge in [-0.3, -0.25) is 4.39 Å². The normalized spacial score (nSPS) is 18.1. The Morgan fingerprint density at radius 3 is 2.21 bits per heavy atom. The van der Waals surface area contributed by atoms with Crippen LogP contribution in [0.25, 0.3) is 0 Å². The fourth-order valence-electron chi connectivity index (χ4n) is 1.57. The number of aliphatic hydroxyl groups is 2. The van der Waals surface area contributed by atoms with Crippen molar-refractivity contribution in [3.05, 3.63) is 12.7 Å². The van der Waals surface area contributed by atoms with E-state index in [2.05, 4.69) is 10.1 Å². The zero-order valence-corrected chi connectivity index (χ0v) is 12.6. The van der Waals surface area contributed by atoms with Crippen molar-refractivity contribution in [1.82, 2.24) is 14.8 Å². The predicted molar refractivity (Wildman–Crippen MR) is 71.1 cm³/mol. The number of alkyl halides is 4. The van der Waals surface area contributed by atoms with Gasteiger partial charge >= 0.3 is 0 Å². The molecule has 9 heteroatoms. The number of rotatable bonds is 5. The van der Waals surface area contributed by atoms with Gasteiger partial charge in [-0.1, -0.05) is 48.7 Å². The zero-order chi connectivity index (χ0) is 14.8. The Labute approximate surface area is 125 Å². The zero-order valence-electron chi connectivity index (χ0n) is 10.3. The molecular formula is C10H15Cl3FN3O2. The molecule has 5 nitrogen and oxygen atoms in total. The van der Waals surface area contributed by atoms with Gasteiger partial charge in [0.2, 0.25) is 3.79 Å². The van der Waals surface area contributed by atoms with E-state index < -0.39 is 34.1 Å². The van der Waals surface area contributed by atoms with Crippen LogP contribution in [0.2, 0.25) is 0 Å². The minimum Gasteiger partial charge on any atom is -0.390 e. The van der Waals surface area contributed by atoms with Crippen molar-refractivity contribution in [2.24, 2.45) is 5.41 Å². The van der Waals surface area contributed by atoms with E-state index in [1.165, 1.54) is 26.5 Å². The molecule has 2 N–H and O–H groups in total. The molecular weight excluding hydrogens is 319 g/mol. The molecule has 1 rings (SSSR count). The first kappa shape index (κ1) is 16.9. The van der Waals surface area contributed by atoms with Crippen molar-refractivity contribution in [2.75, 3.05) is 6.67 Å². The van der Waals surface area contributed by atoms with Crippen LogP contribution in [0.4, 0.5) is 4.39 Å². The van der Waals surface area contributed by atoms with Crippen LogP contribution < -0.4 is 0 Å². The number of halogens is 4. The molecule has 0 amide bonds. The largest absolute Gasteiger partial charge is 0.390 e. The highest BCUT2D eigenvalue weighted by Gasteiger charge is 2.46.